The summed E-state index contributed by atoms with van der Waals surface area (Å²) in [6, 6.07) is 3.58. The van der Waals surface area contributed by atoms with Gasteiger partial charge in [0.1, 0.15) is 0 Å². The number of anilines is 1. The maximum Gasteiger partial charge on any atom is 0.332 e. The standard InChI is InChI=1S/C26H30FN5O4S.C2H6/c1-4-9-31-11-13-32(14-12-31)10-5-8-28-26(34)24-17(2)23(29-18(24)3)16-21-20-15-19(37(27,35)36)6-7-22(20)30-25(21)33;1-2/h1,6-7,15-16,29H,5,8-14H2,2-3H3,(H,28,34)(H,30,33);1-2H3/b21-16-;. The SMILES string of the molecule is C#CCN1CCN(CCCNC(=O)c2c(C)[nH]c(/C=C3\C(=O)Nc4ccc(S(=O)(=O)F)cc43)c2C)CC1.CC. The summed E-state index contributed by atoms with van der Waals surface area (Å²) >= 11 is 0. The van der Waals surface area contributed by atoms with Crippen molar-refractivity contribution >= 4 is 39.4 Å². The van der Waals surface area contributed by atoms with E-state index >= 15 is 0 Å². The van der Waals surface area contributed by atoms with Crippen molar-refractivity contribution < 1.29 is 21.9 Å². The zero-order valence-corrected chi connectivity index (χ0v) is 23.7. The van der Waals surface area contributed by atoms with Crippen LogP contribution in [0.3, 0.4) is 0 Å². The van der Waals surface area contributed by atoms with E-state index in [0.717, 1.165) is 51.3 Å². The minimum absolute atomic E-state index is 0.180. The molecule has 4 rings (SSSR count). The Bertz CT molecular complexity index is 1400. The Hall–Kier alpha value is -3.46. The molecule has 2 aliphatic rings. The quantitative estimate of drug-likeness (QED) is 0.199. The van der Waals surface area contributed by atoms with E-state index in [4.69, 9.17) is 6.42 Å². The first kappa shape index (κ1) is 30.1. The molecule has 1 aromatic carbocycles. The van der Waals surface area contributed by atoms with Gasteiger partial charge in [-0.1, -0.05) is 19.8 Å². The van der Waals surface area contributed by atoms with Crippen molar-refractivity contribution in [1.82, 2.24) is 20.1 Å². The number of hydrogen-bond acceptors (Lipinski definition) is 6. The van der Waals surface area contributed by atoms with Crippen LogP contribution in [0.4, 0.5) is 9.57 Å². The predicted molar refractivity (Wildman–Crippen MR) is 152 cm³/mol. The molecule has 0 bridgehead atoms. The molecule has 1 fully saturated rings. The Balaban J connectivity index is 0.00000205. The highest BCUT2D eigenvalue weighted by Crippen LogP contribution is 2.35. The summed E-state index contributed by atoms with van der Waals surface area (Å²) in [7, 11) is -4.92. The first-order chi connectivity index (χ1) is 18.6. The molecule has 2 amide bonds. The molecule has 3 heterocycles. The number of hydrogen-bond donors (Lipinski definition) is 3. The molecule has 11 heteroatoms. The van der Waals surface area contributed by atoms with Crippen molar-refractivity contribution in [2.24, 2.45) is 0 Å². The number of nitrogens with one attached hydrogen (secondary N) is 3. The van der Waals surface area contributed by atoms with Crippen molar-refractivity contribution in [2.45, 2.75) is 39.0 Å². The third-order valence-corrected chi connectivity index (χ3v) is 7.58. The van der Waals surface area contributed by atoms with Crippen LogP contribution < -0.4 is 10.6 Å². The number of fused-ring (bicyclic) bond motifs is 1. The third kappa shape index (κ3) is 7.15. The number of halogens is 1. The van der Waals surface area contributed by atoms with Gasteiger partial charge in [0.05, 0.1) is 22.6 Å². The summed E-state index contributed by atoms with van der Waals surface area (Å²) in [6.07, 6.45) is 7.74. The topological polar surface area (TPSA) is 115 Å². The van der Waals surface area contributed by atoms with Crippen LogP contribution in [0, 0.1) is 26.2 Å². The van der Waals surface area contributed by atoms with Gasteiger partial charge in [-0.3, -0.25) is 14.5 Å². The summed E-state index contributed by atoms with van der Waals surface area (Å²) in [4.78, 5) is 32.7. The Labute approximate surface area is 230 Å². The van der Waals surface area contributed by atoms with Crippen molar-refractivity contribution in [3.05, 3.63) is 46.3 Å². The molecule has 0 atom stereocenters. The normalized spacial score (nSPS) is 16.7. The van der Waals surface area contributed by atoms with Gasteiger partial charge in [0.2, 0.25) is 0 Å². The minimum Gasteiger partial charge on any atom is -0.358 e. The van der Waals surface area contributed by atoms with Crippen LogP contribution in [-0.4, -0.2) is 80.8 Å². The van der Waals surface area contributed by atoms with Crippen LogP contribution in [0.15, 0.2) is 23.1 Å². The molecule has 2 aliphatic heterocycles. The van der Waals surface area contributed by atoms with Gasteiger partial charge in [-0.2, -0.15) is 8.42 Å². The molecular weight excluding hydrogens is 521 g/mol. The summed E-state index contributed by atoms with van der Waals surface area (Å²) in [5.41, 5.74) is 3.18. The van der Waals surface area contributed by atoms with Gasteiger partial charge in [-0.25, -0.2) is 0 Å². The molecule has 0 saturated carbocycles. The van der Waals surface area contributed by atoms with Gasteiger partial charge in [-0.05, 0) is 56.7 Å². The van der Waals surface area contributed by atoms with Crippen LogP contribution >= 0.6 is 0 Å². The Morgan fingerprint density at radius 1 is 1.18 bits per heavy atom. The average Bonchev–Trinajstić information content (AvgIpc) is 3.37. The molecule has 0 spiro atoms. The molecule has 1 aromatic heterocycles. The molecule has 3 N–H and O–H groups in total. The van der Waals surface area contributed by atoms with Gasteiger partial charge in [0.25, 0.3) is 11.8 Å². The highest BCUT2D eigenvalue weighted by atomic mass is 32.3. The van der Waals surface area contributed by atoms with Crippen LogP contribution in [0.25, 0.3) is 11.6 Å². The third-order valence-electron chi connectivity index (χ3n) is 6.76. The Morgan fingerprint density at radius 3 is 2.49 bits per heavy atom. The molecule has 0 radical (unpaired) electrons. The average molecular weight is 558 g/mol. The Kier molecular flexibility index (Phi) is 10.1. The summed E-state index contributed by atoms with van der Waals surface area (Å²) < 4.78 is 36.2. The summed E-state index contributed by atoms with van der Waals surface area (Å²) in [6.45, 7) is 13.5. The van der Waals surface area contributed by atoms with Gasteiger partial charge in [-0.15, -0.1) is 10.3 Å². The number of carbonyl (C=O) groups is 2. The van der Waals surface area contributed by atoms with Crippen molar-refractivity contribution in [3.63, 3.8) is 0 Å². The lowest BCUT2D eigenvalue weighted by molar-refractivity contribution is -0.110. The fourth-order valence-electron chi connectivity index (χ4n) is 4.76. The predicted octanol–water partition coefficient (Wildman–Crippen LogP) is 3.18. The van der Waals surface area contributed by atoms with Crippen LogP contribution in [0.1, 0.15) is 53.1 Å². The highest BCUT2D eigenvalue weighted by molar-refractivity contribution is 7.86. The van der Waals surface area contributed by atoms with Gasteiger partial charge in [0.15, 0.2) is 0 Å². The molecule has 39 heavy (non-hydrogen) atoms. The molecular formula is C28H36FN5O4S. The largest absolute Gasteiger partial charge is 0.358 e. The number of piperazine rings is 1. The van der Waals surface area contributed by atoms with Gasteiger partial charge < -0.3 is 20.5 Å². The number of rotatable bonds is 8. The van der Waals surface area contributed by atoms with Gasteiger partial charge in [0, 0.05) is 55.4 Å². The maximum absolute atomic E-state index is 13.5. The number of carbonyl (C=O) groups excluding carboxylic acids is 2. The number of H-pyrrole nitrogens is 1. The van der Waals surface area contributed by atoms with E-state index in [2.05, 4.69) is 31.3 Å². The van der Waals surface area contributed by atoms with Gasteiger partial charge >= 0.3 is 10.2 Å². The number of aromatic amines is 1. The molecule has 9 nitrogen and oxygen atoms in total. The van der Waals surface area contributed by atoms with E-state index < -0.39 is 21.0 Å². The minimum atomic E-state index is -4.92. The molecule has 0 aliphatic carbocycles. The zero-order valence-electron chi connectivity index (χ0n) is 22.9. The van der Waals surface area contributed by atoms with E-state index in [0.29, 0.717) is 41.3 Å². The van der Waals surface area contributed by atoms with E-state index in [1.807, 2.05) is 13.8 Å². The zero-order chi connectivity index (χ0) is 28.7. The second-order valence-electron chi connectivity index (χ2n) is 9.25. The fourth-order valence-corrected chi connectivity index (χ4v) is 5.25. The first-order valence-corrected chi connectivity index (χ1v) is 14.4. The van der Waals surface area contributed by atoms with Crippen molar-refractivity contribution in [3.8, 4) is 12.3 Å². The summed E-state index contributed by atoms with van der Waals surface area (Å²) in [5, 5.41) is 5.62. The fraction of sp³-hybridized carbons (Fsp3) is 0.429. The molecule has 2 aromatic rings. The lowest BCUT2D eigenvalue weighted by atomic mass is 10.0. The molecule has 0 unspecified atom stereocenters. The monoisotopic (exact) mass is 557 g/mol. The second-order valence-corrected chi connectivity index (χ2v) is 10.6. The number of benzene rings is 1. The van der Waals surface area contributed by atoms with E-state index in [1.165, 1.54) is 6.07 Å². The highest BCUT2D eigenvalue weighted by Gasteiger charge is 2.28. The van der Waals surface area contributed by atoms with Crippen LogP contribution in [0.5, 0.6) is 0 Å². The number of aromatic nitrogens is 1. The van der Waals surface area contributed by atoms with Crippen molar-refractivity contribution in [2.75, 3.05) is 51.1 Å². The number of aryl methyl sites for hydroxylation is 1. The van der Waals surface area contributed by atoms with Crippen LogP contribution in [-0.2, 0) is 15.0 Å². The van der Waals surface area contributed by atoms with Crippen molar-refractivity contribution in [1.29, 1.82) is 0 Å². The van der Waals surface area contributed by atoms with E-state index in [1.54, 1.807) is 19.9 Å². The number of amides is 2. The first-order valence-electron chi connectivity index (χ1n) is 13.1. The smallest absolute Gasteiger partial charge is 0.332 e. The lowest BCUT2D eigenvalue weighted by Crippen LogP contribution is -2.46. The molecule has 210 valence electrons. The lowest BCUT2D eigenvalue weighted by Gasteiger charge is -2.33. The summed E-state index contributed by atoms with van der Waals surface area (Å²) in [5.74, 6) is 2.02. The number of terminal acetylenes is 1. The maximum atomic E-state index is 13.5. The van der Waals surface area contributed by atoms with E-state index in [-0.39, 0.29) is 17.0 Å². The molecule has 1 saturated heterocycles. The Morgan fingerprint density at radius 2 is 1.85 bits per heavy atom. The second kappa shape index (κ2) is 13.1. The van der Waals surface area contributed by atoms with E-state index in [9.17, 15) is 21.9 Å². The number of nitrogens with zero attached hydrogens (tertiary/aromatic N) is 2. The van der Waals surface area contributed by atoms with Crippen LogP contribution in [0.2, 0.25) is 0 Å².